The fourth-order valence-electron chi connectivity index (χ4n) is 1.76. The van der Waals surface area contributed by atoms with Crippen LogP contribution in [-0.4, -0.2) is 36.9 Å². The van der Waals surface area contributed by atoms with Crippen LogP contribution in [0.1, 0.15) is 47.0 Å². The van der Waals surface area contributed by atoms with E-state index in [1.165, 1.54) is 0 Å². The summed E-state index contributed by atoms with van der Waals surface area (Å²) in [6.07, 6.45) is 2.49. The SMILES string of the molecule is CCOC(=O)C(CC)NCC(CC)(CC)CO. The summed E-state index contributed by atoms with van der Waals surface area (Å²) in [5, 5.41) is 12.7. The Kier molecular flexibility index (Phi) is 8.17. The van der Waals surface area contributed by atoms with E-state index in [-0.39, 0.29) is 24.0 Å². The molecule has 0 bridgehead atoms. The average Bonchev–Trinajstić information content (AvgIpc) is 2.36. The molecule has 0 aromatic heterocycles. The van der Waals surface area contributed by atoms with E-state index in [2.05, 4.69) is 19.2 Å². The van der Waals surface area contributed by atoms with Crippen molar-refractivity contribution in [3.63, 3.8) is 0 Å². The van der Waals surface area contributed by atoms with E-state index in [4.69, 9.17) is 4.74 Å². The highest BCUT2D eigenvalue weighted by molar-refractivity contribution is 5.75. The monoisotopic (exact) mass is 245 g/mol. The second-order valence-electron chi connectivity index (χ2n) is 4.46. The van der Waals surface area contributed by atoms with Gasteiger partial charge in [-0.25, -0.2) is 0 Å². The summed E-state index contributed by atoms with van der Waals surface area (Å²) in [4.78, 5) is 11.6. The molecule has 0 amide bonds. The highest BCUT2D eigenvalue weighted by Crippen LogP contribution is 2.24. The molecular weight excluding hydrogens is 218 g/mol. The van der Waals surface area contributed by atoms with Gasteiger partial charge in [-0.15, -0.1) is 0 Å². The van der Waals surface area contributed by atoms with E-state index < -0.39 is 0 Å². The van der Waals surface area contributed by atoms with Crippen LogP contribution >= 0.6 is 0 Å². The predicted octanol–water partition coefficient (Wildman–Crippen LogP) is 1.72. The number of aliphatic hydroxyl groups is 1. The number of aliphatic hydroxyl groups excluding tert-OH is 1. The molecule has 4 heteroatoms. The van der Waals surface area contributed by atoms with Gasteiger partial charge < -0.3 is 15.2 Å². The first kappa shape index (κ1) is 16.4. The smallest absolute Gasteiger partial charge is 0.323 e. The van der Waals surface area contributed by atoms with E-state index in [9.17, 15) is 9.90 Å². The molecule has 0 aromatic carbocycles. The predicted molar refractivity (Wildman–Crippen MR) is 68.8 cm³/mol. The zero-order chi connectivity index (χ0) is 13.3. The standard InChI is InChI=1S/C13H27NO3/c1-5-11(12(16)17-8-4)14-9-13(6-2,7-3)10-15/h11,14-15H,5-10H2,1-4H3. The molecule has 1 atom stereocenters. The quantitative estimate of drug-likeness (QED) is 0.607. The largest absolute Gasteiger partial charge is 0.465 e. The fourth-order valence-corrected chi connectivity index (χ4v) is 1.76. The van der Waals surface area contributed by atoms with E-state index >= 15 is 0 Å². The van der Waals surface area contributed by atoms with Gasteiger partial charge in [-0.3, -0.25) is 4.79 Å². The van der Waals surface area contributed by atoms with Crippen molar-refractivity contribution >= 4 is 5.97 Å². The second kappa shape index (κ2) is 8.48. The van der Waals surface area contributed by atoms with Crippen LogP contribution in [0.15, 0.2) is 0 Å². The van der Waals surface area contributed by atoms with Crippen LogP contribution in [0.2, 0.25) is 0 Å². The zero-order valence-corrected chi connectivity index (χ0v) is 11.6. The molecule has 0 heterocycles. The van der Waals surface area contributed by atoms with Gasteiger partial charge in [0.25, 0.3) is 0 Å². The minimum Gasteiger partial charge on any atom is -0.465 e. The Bertz CT molecular complexity index is 206. The second-order valence-corrected chi connectivity index (χ2v) is 4.46. The molecule has 0 radical (unpaired) electrons. The van der Waals surface area contributed by atoms with Gasteiger partial charge in [0.15, 0.2) is 0 Å². The Morgan fingerprint density at radius 1 is 1.29 bits per heavy atom. The molecule has 0 aliphatic rings. The molecule has 0 rings (SSSR count). The normalized spacial score (nSPS) is 13.5. The number of nitrogens with one attached hydrogen (secondary N) is 1. The zero-order valence-electron chi connectivity index (χ0n) is 11.6. The summed E-state index contributed by atoms with van der Waals surface area (Å²) >= 11 is 0. The molecule has 0 aliphatic carbocycles. The Morgan fingerprint density at radius 2 is 1.88 bits per heavy atom. The topological polar surface area (TPSA) is 58.6 Å². The number of rotatable bonds is 9. The first-order valence-electron chi connectivity index (χ1n) is 6.59. The molecule has 0 aliphatic heterocycles. The number of ether oxygens (including phenoxy) is 1. The minimum atomic E-state index is -0.265. The van der Waals surface area contributed by atoms with Crippen molar-refractivity contribution in [3.8, 4) is 0 Å². The molecule has 4 nitrogen and oxygen atoms in total. The fraction of sp³-hybridized carbons (Fsp3) is 0.923. The van der Waals surface area contributed by atoms with Crippen LogP contribution in [0.4, 0.5) is 0 Å². The molecule has 17 heavy (non-hydrogen) atoms. The molecule has 0 saturated carbocycles. The van der Waals surface area contributed by atoms with Gasteiger partial charge in [0, 0.05) is 18.6 Å². The number of esters is 1. The summed E-state index contributed by atoms with van der Waals surface area (Å²) < 4.78 is 5.00. The summed E-state index contributed by atoms with van der Waals surface area (Å²) in [5.74, 6) is -0.200. The van der Waals surface area contributed by atoms with Crippen LogP contribution < -0.4 is 5.32 Å². The van der Waals surface area contributed by atoms with Gasteiger partial charge in [0.2, 0.25) is 0 Å². The van der Waals surface area contributed by atoms with Gasteiger partial charge >= 0.3 is 5.97 Å². The lowest BCUT2D eigenvalue weighted by molar-refractivity contribution is -0.145. The first-order chi connectivity index (χ1) is 8.09. The molecule has 0 saturated heterocycles. The van der Waals surface area contributed by atoms with Gasteiger partial charge in [0.1, 0.15) is 6.04 Å². The molecule has 0 fully saturated rings. The lowest BCUT2D eigenvalue weighted by Crippen LogP contribution is -2.45. The third-order valence-electron chi connectivity index (χ3n) is 3.54. The highest BCUT2D eigenvalue weighted by Gasteiger charge is 2.27. The van der Waals surface area contributed by atoms with Crippen LogP contribution in [-0.2, 0) is 9.53 Å². The van der Waals surface area contributed by atoms with Crippen molar-refractivity contribution in [1.29, 1.82) is 0 Å². The van der Waals surface area contributed by atoms with E-state index in [1.807, 2.05) is 6.92 Å². The van der Waals surface area contributed by atoms with Crippen molar-refractivity contribution in [2.24, 2.45) is 5.41 Å². The maximum Gasteiger partial charge on any atom is 0.323 e. The average molecular weight is 245 g/mol. The van der Waals surface area contributed by atoms with E-state index in [1.54, 1.807) is 6.92 Å². The van der Waals surface area contributed by atoms with Gasteiger partial charge in [-0.1, -0.05) is 20.8 Å². The lowest BCUT2D eigenvalue weighted by Gasteiger charge is -2.31. The molecule has 2 N–H and O–H groups in total. The molecule has 0 aromatic rings. The molecular formula is C13H27NO3. The summed E-state index contributed by atoms with van der Waals surface area (Å²) in [5.41, 5.74) is -0.125. The Morgan fingerprint density at radius 3 is 2.24 bits per heavy atom. The van der Waals surface area contributed by atoms with Gasteiger partial charge in [-0.05, 0) is 26.2 Å². The van der Waals surface area contributed by atoms with Crippen molar-refractivity contribution in [3.05, 3.63) is 0 Å². The van der Waals surface area contributed by atoms with Crippen molar-refractivity contribution < 1.29 is 14.6 Å². The van der Waals surface area contributed by atoms with E-state index in [0.29, 0.717) is 19.6 Å². The number of carbonyl (C=O) groups excluding carboxylic acids is 1. The maximum absolute atomic E-state index is 11.6. The summed E-state index contributed by atoms with van der Waals surface area (Å²) in [6, 6.07) is -0.265. The van der Waals surface area contributed by atoms with Crippen molar-refractivity contribution in [2.75, 3.05) is 19.8 Å². The Hall–Kier alpha value is -0.610. The molecule has 102 valence electrons. The molecule has 0 spiro atoms. The maximum atomic E-state index is 11.6. The van der Waals surface area contributed by atoms with Crippen LogP contribution in [0.5, 0.6) is 0 Å². The number of hydrogen-bond donors (Lipinski definition) is 2. The van der Waals surface area contributed by atoms with E-state index in [0.717, 1.165) is 12.8 Å². The Labute approximate surface area is 105 Å². The third-order valence-corrected chi connectivity index (χ3v) is 3.54. The Balaban J connectivity index is 4.34. The van der Waals surface area contributed by atoms with Crippen LogP contribution in [0.25, 0.3) is 0 Å². The third kappa shape index (κ3) is 5.04. The van der Waals surface area contributed by atoms with Crippen LogP contribution in [0.3, 0.4) is 0 Å². The van der Waals surface area contributed by atoms with Crippen molar-refractivity contribution in [1.82, 2.24) is 5.32 Å². The highest BCUT2D eigenvalue weighted by atomic mass is 16.5. The van der Waals surface area contributed by atoms with Gasteiger partial charge in [0.05, 0.1) is 6.61 Å². The summed E-state index contributed by atoms with van der Waals surface area (Å²) in [7, 11) is 0. The minimum absolute atomic E-state index is 0.125. The van der Waals surface area contributed by atoms with Gasteiger partial charge in [-0.2, -0.15) is 0 Å². The molecule has 1 unspecified atom stereocenters. The number of carbonyl (C=O) groups is 1. The van der Waals surface area contributed by atoms with Crippen LogP contribution in [0, 0.1) is 5.41 Å². The summed E-state index contributed by atoms with van der Waals surface area (Å²) in [6.45, 7) is 9.08. The van der Waals surface area contributed by atoms with Crippen molar-refractivity contribution in [2.45, 2.75) is 53.0 Å². The first-order valence-corrected chi connectivity index (χ1v) is 6.59. The lowest BCUT2D eigenvalue weighted by atomic mass is 9.83. The number of hydrogen-bond acceptors (Lipinski definition) is 4.